The molecule has 0 aliphatic rings. The second kappa shape index (κ2) is 6.72. The average molecular weight is 306 g/mol. The lowest BCUT2D eigenvalue weighted by atomic mass is 9.78. The highest BCUT2D eigenvalue weighted by Gasteiger charge is 2.28. The fourth-order valence-electron chi connectivity index (χ4n) is 2.44. The van der Waals surface area contributed by atoms with Crippen molar-refractivity contribution < 1.29 is 14.3 Å². The quantitative estimate of drug-likeness (QED) is 0.774. The van der Waals surface area contributed by atoms with Crippen molar-refractivity contribution in [1.29, 1.82) is 0 Å². The van der Waals surface area contributed by atoms with Gasteiger partial charge < -0.3 is 9.47 Å². The maximum Gasteiger partial charge on any atom is 0.309 e. The van der Waals surface area contributed by atoms with Crippen LogP contribution in [-0.2, 0) is 26.8 Å². The standard InChI is InChI=1S/C19H30O3/c1-9-22-17-14(18(2,3)4)10-13(12-16(20)21-8)11-15(17)19(5,6)7/h10-11H,9,12H2,1-8H3. The number of benzene rings is 1. The van der Waals surface area contributed by atoms with Crippen LogP contribution in [0.2, 0.25) is 0 Å². The Morgan fingerprint density at radius 3 is 1.77 bits per heavy atom. The molecule has 22 heavy (non-hydrogen) atoms. The summed E-state index contributed by atoms with van der Waals surface area (Å²) in [7, 11) is 1.42. The molecule has 1 rings (SSSR count). The fourth-order valence-corrected chi connectivity index (χ4v) is 2.44. The van der Waals surface area contributed by atoms with E-state index >= 15 is 0 Å². The Morgan fingerprint density at radius 1 is 1.00 bits per heavy atom. The molecular weight excluding hydrogens is 276 g/mol. The van der Waals surface area contributed by atoms with Gasteiger partial charge in [0.25, 0.3) is 0 Å². The summed E-state index contributed by atoms with van der Waals surface area (Å²) in [6.45, 7) is 15.6. The summed E-state index contributed by atoms with van der Waals surface area (Å²) in [5.74, 6) is 0.736. The normalized spacial score (nSPS) is 12.2. The second-order valence-electron chi connectivity index (χ2n) is 7.71. The van der Waals surface area contributed by atoms with E-state index in [2.05, 4.69) is 53.7 Å². The van der Waals surface area contributed by atoms with Crippen molar-refractivity contribution in [3.8, 4) is 5.75 Å². The molecule has 0 bridgehead atoms. The number of hydrogen-bond acceptors (Lipinski definition) is 3. The highest BCUT2D eigenvalue weighted by atomic mass is 16.5. The molecule has 3 heteroatoms. The van der Waals surface area contributed by atoms with Crippen molar-refractivity contribution in [3.05, 3.63) is 28.8 Å². The molecule has 0 amide bonds. The zero-order chi connectivity index (χ0) is 17.1. The van der Waals surface area contributed by atoms with Crippen molar-refractivity contribution in [2.24, 2.45) is 0 Å². The first-order valence-electron chi connectivity index (χ1n) is 7.88. The molecule has 0 radical (unpaired) electrons. The minimum absolute atomic E-state index is 0.0589. The Balaban J connectivity index is 3.57. The molecule has 0 saturated carbocycles. The number of methoxy groups -OCH3 is 1. The van der Waals surface area contributed by atoms with Crippen molar-refractivity contribution in [2.45, 2.75) is 65.7 Å². The third-order valence-electron chi connectivity index (χ3n) is 3.63. The van der Waals surface area contributed by atoms with Gasteiger partial charge in [-0.15, -0.1) is 0 Å². The lowest BCUT2D eigenvalue weighted by Crippen LogP contribution is -2.21. The summed E-state index contributed by atoms with van der Waals surface area (Å²) < 4.78 is 10.8. The Hall–Kier alpha value is -1.51. The monoisotopic (exact) mass is 306 g/mol. The predicted molar refractivity (Wildman–Crippen MR) is 90.7 cm³/mol. The van der Waals surface area contributed by atoms with Gasteiger partial charge in [0.15, 0.2) is 0 Å². The lowest BCUT2D eigenvalue weighted by Gasteiger charge is -2.30. The van der Waals surface area contributed by atoms with Crippen LogP contribution in [0.1, 0.15) is 65.2 Å². The van der Waals surface area contributed by atoms with Crippen LogP contribution in [0, 0.1) is 0 Å². The van der Waals surface area contributed by atoms with Crippen LogP contribution >= 0.6 is 0 Å². The van der Waals surface area contributed by atoms with E-state index in [-0.39, 0.29) is 23.2 Å². The number of esters is 1. The summed E-state index contributed by atoms with van der Waals surface area (Å²) in [6, 6.07) is 4.16. The highest BCUT2D eigenvalue weighted by Crippen LogP contribution is 2.40. The smallest absolute Gasteiger partial charge is 0.309 e. The third-order valence-corrected chi connectivity index (χ3v) is 3.63. The predicted octanol–water partition coefficient (Wildman–Crippen LogP) is 4.40. The van der Waals surface area contributed by atoms with Crippen molar-refractivity contribution in [3.63, 3.8) is 0 Å². The molecule has 1 aromatic rings. The van der Waals surface area contributed by atoms with E-state index in [1.807, 2.05) is 6.92 Å². The highest BCUT2D eigenvalue weighted by molar-refractivity contribution is 5.73. The van der Waals surface area contributed by atoms with Crippen LogP contribution in [0.4, 0.5) is 0 Å². The van der Waals surface area contributed by atoms with Crippen LogP contribution in [-0.4, -0.2) is 19.7 Å². The van der Waals surface area contributed by atoms with E-state index in [0.717, 1.165) is 22.4 Å². The van der Waals surface area contributed by atoms with Gasteiger partial charge in [-0.2, -0.15) is 0 Å². The number of ether oxygens (including phenoxy) is 2. The molecule has 0 aromatic heterocycles. The minimum atomic E-state index is -0.219. The number of rotatable bonds is 4. The van der Waals surface area contributed by atoms with Crippen molar-refractivity contribution in [2.75, 3.05) is 13.7 Å². The molecule has 0 saturated heterocycles. The molecule has 0 N–H and O–H groups in total. The van der Waals surface area contributed by atoms with Gasteiger partial charge in [-0.25, -0.2) is 0 Å². The van der Waals surface area contributed by atoms with Gasteiger partial charge in [0, 0.05) is 11.1 Å². The SMILES string of the molecule is CCOc1c(C(C)(C)C)cc(CC(=O)OC)cc1C(C)(C)C. The van der Waals surface area contributed by atoms with Gasteiger partial charge in [0.2, 0.25) is 0 Å². The summed E-state index contributed by atoms with van der Waals surface area (Å²) in [5, 5.41) is 0. The van der Waals surface area contributed by atoms with Gasteiger partial charge in [0.05, 0.1) is 20.1 Å². The summed E-state index contributed by atoms with van der Waals surface area (Å²) >= 11 is 0. The second-order valence-corrected chi connectivity index (χ2v) is 7.71. The summed E-state index contributed by atoms with van der Waals surface area (Å²) in [6.07, 6.45) is 0.287. The van der Waals surface area contributed by atoms with E-state index in [4.69, 9.17) is 9.47 Å². The Bertz CT molecular complexity index is 496. The van der Waals surface area contributed by atoms with E-state index in [9.17, 15) is 4.79 Å². The average Bonchev–Trinajstić information content (AvgIpc) is 2.37. The molecule has 0 atom stereocenters. The maximum absolute atomic E-state index is 11.7. The molecule has 0 aliphatic heterocycles. The van der Waals surface area contributed by atoms with Crippen LogP contribution in [0.25, 0.3) is 0 Å². The first kappa shape index (κ1) is 18.5. The minimum Gasteiger partial charge on any atom is -0.493 e. The molecule has 124 valence electrons. The van der Waals surface area contributed by atoms with Gasteiger partial charge in [-0.1, -0.05) is 53.7 Å². The molecule has 0 unspecified atom stereocenters. The summed E-state index contributed by atoms with van der Waals surface area (Å²) in [5.41, 5.74) is 3.14. The van der Waals surface area contributed by atoms with Gasteiger partial charge in [-0.3, -0.25) is 4.79 Å². The van der Waals surface area contributed by atoms with Crippen LogP contribution in [0.3, 0.4) is 0 Å². The topological polar surface area (TPSA) is 35.5 Å². The van der Waals surface area contributed by atoms with Crippen LogP contribution in [0.5, 0.6) is 5.75 Å². The molecule has 0 fully saturated rings. The number of hydrogen-bond donors (Lipinski definition) is 0. The Labute approximate surface area is 135 Å². The molecule has 0 aliphatic carbocycles. The molecule has 0 heterocycles. The molecular formula is C19H30O3. The zero-order valence-electron chi connectivity index (χ0n) is 15.3. The van der Waals surface area contributed by atoms with Gasteiger partial charge >= 0.3 is 5.97 Å². The largest absolute Gasteiger partial charge is 0.493 e. The molecule has 0 spiro atoms. The third kappa shape index (κ3) is 4.49. The first-order chi connectivity index (χ1) is 10.0. The number of carbonyl (C=O) groups is 1. The maximum atomic E-state index is 11.7. The first-order valence-corrected chi connectivity index (χ1v) is 7.88. The van der Waals surface area contributed by atoms with E-state index in [0.29, 0.717) is 6.61 Å². The Morgan fingerprint density at radius 2 is 1.45 bits per heavy atom. The van der Waals surface area contributed by atoms with E-state index in [1.54, 1.807) is 0 Å². The molecule has 1 aromatic carbocycles. The Kier molecular flexibility index (Phi) is 5.66. The summed E-state index contributed by atoms with van der Waals surface area (Å²) in [4.78, 5) is 11.7. The van der Waals surface area contributed by atoms with Crippen molar-refractivity contribution in [1.82, 2.24) is 0 Å². The van der Waals surface area contributed by atoms with Gasteiger partial charge in [0.1, 0.15) is 5.75 Å². The van der Waals surface area contributed by atoms with Crippen LogP contribution in [0.15, 0.2) is 12.1 Å². The van der Waals surface area contributed by atoms with E-state index < -0.39 is 0 Å². The van der Waals surface area contributed by atoms with E-state index in [1.165, 1.54) is 7.11 Å². The lowest BCUT2D eigenvalue weighted by molar-refractivity contribution is -0.139. The fraction of sp³-hybridized carbons (Fsp3) is 0.632. The van der Waals surface area contributed by atoms with Crippen molar-refractivity contribution >= 4 is 5.97 Å². The van der Waals surface area contributed by atoms with Gasteiger partial charge in [-0.05, 0) is 23.3 Å². The number of carbonyl (C=O) groups excluding carboxylic acids is 1. The molecule has 3 nitrogen and oxygen atoms in total. The van der Waals surface area contributed by atoms with Crippen LogP contribution < -0.4 is 4.74 Å². The zero-order valence-corrected chi connectivity index (χ0v) is 15.3.